The van der Waals surface area contributed by atoms with Gasteiger partial charge in [0, 0.05) is 38.9 Å². The lowest BCUT2D eigenvalue weighted by molar-refractivity contribution is -0.870. The number of amides is 2. The number of primary amides is 2. The number of nitrogens with zero attached hydrogens (tertiary/aromatic N) is 4. The van der Waals surface area contributed by atoms with Crippen LogP contribution in [0.25, 0.3) is 0 Å². The Kier molecular flexibility index (Phi) is 66.7. The number of carbonyl (C=O) groups is 8. The normalized spacial score (nSPS) is 13.0. The average Bonchev–Trinajstić information content (AvgIpc) is 3.25. The summed E-state index contributed by atoms with van der Waals surface area (Å²) in [5.74, 6) is -8.41. The fourth-order valence-electron chi connectivity index (χ4n) is 3.69. The number of carbonyl (C=O) groups excluding carboxylic acids is 4. The van der Waals surface area contributed by atoms with Gasteiger partial charge in [-0.1, -0.05) is 54.9 Å². The number of hydrogen-bond acceptors (Lipinski definition) is 22. The lowest BCUT2D eigenvalue weighted by Crippen LogP contribution is -2.59. The zero-order valence-corrected chi connectivity index (χ0v) is 50.4. The molecule has 486 valence electrons. The number of aliphatic hydroxyl groups excluding tert-OH is 4. The van der Waals surface area contributed by atoms with Crippen LogP contribution in [0.5, 0.6) is 0 Å². The van der Waals surface area contributed by atoms with E-state index in [0.29, 0.717) is 45.2 Å². The highest BCUT2D eigenvalue weighted by Crippen LogP contribution is 2.13. The van der Waals surface area contributed by atoms with Crippen LogP contribution in [0.2, 0.25) is 0 Å². The maximum atomic E-state index is 10.2. The van der Waals surface area contributed by atoms with Crippen molar-refractivity contribution in [2.75, 3.05) is 81.7 Å². The quantitative estimate of drug-likeness (QED) is 0.0140. The second-order valence-corrected chi connectivity index (χ2v) is 20.2. The number of aliphatic imine (C=N–C) groups is 2. The van der Waals surface area contributed by atoms with Crippen LogP contribution in [0.4, 0.5) is 0 Å². The molecule has 6 atom stereocenters. The lowest BCUT2D eigenvalue weighted by atomic mass is 9.97. The first-order chi connectivity index (χ1) is 36.1. The molecular weight excluding hydrogens is 1080 g/mol. The summed E-state index contributed by atoms with van der Waals surface area (Å²) in [7, 11) is 12.3. The van der Waals surface area contributed by atoms with Crippen molar-refractivity contribution in [3.05, 3.63) is 0 Å². The fraction of sp³-hybridized carbons (Fsp3) is 0.787. The molecule has 0 rings (SSSR count). The summed E-state index contributed by atoms with van der Waals surface area (Å²) in [6.45, 7) is 17.4. The molecular formula is C47H108N14O20. The highest BCUT2D eigenvalue weighted by Gasteiger charge is 2.41. The van der Waals surface area contributed by atoms with Crippen LogP contribution in [0.1, 0.15) is 107 Å². The van der Waals surface area contributed by atoms with Crippen molar-refractivity contribution >= 4 is 59.5 Å². The van der Waals surface area contributed by atoms with Crippen LogP contribution in [-0.2, 0) is 38.4 Å². The Morgan fingerprint density at radius 3 is 0.864 bits per heavy atom. The molecule has 0 aliphatic rings. The van der Waals surface area contributed by atoms with Gasteiger partial charge in [-0.3, -0.25) is 40.6 Å². The Morgan fingerprint density at radius 1 is 0.543 bits per heavy atom. The summed E-state index contributed by atoms with van der Waals surface area (Å²) in [6, 6.07) is -1.64. The summed E-state index contributed by atoms with van der Waals surface area (Å²) in [5.41, 5.74) is 44.3. The van der Waals surface area contributed by atoms with Crippen LogP contribution >= 0.6 is 0 Å². The minimum absolute atomic E-state index is 0.0129. The molecule has 0 saturated carbocycles. The molecule has 30 N–H and O–H groups in total. The van der Waals surface area contributed by atoms with E-state index in [2.05, 4.69) is 63.7 Å². The largest absolute Gasteiger partial charge is 0.550 e. The number of hydrogen-bond donors (Lipinski definition) is 20. The van der Waals surface area contributed by atoms with E-state index in [-0.39, 0.29) is 55.7 Å². The number of carboxylic acid groups (broad SMARTS) is 6. The van der Waals surface area contributed by atoms with E-state index in [1.54, 1.807) is 34.6 Å². The molecule has 0 aromatic rings. The van der Waals surface area contributed by atoms with Gasteiger partial charge in [-0.25, -0.2) is 9.59 Å². The molecule has 2 amide bonds. The van der Waals surface area contributed by atoms with Gasteiger partial charge in [0.2, 0.25) is 23.3 Å². The maximum absolute atomic E-state index is 10.2. The second-order valence-electron chi connectivity index (χ2n) is 20.2. The zero-order valence-electron chi connectivity index (χ0n) is 50.4. The molecule has 34 heteroatoms. The molecule has 0 fully saturated rings. The number of guanidine groups is 2. The molecule has 0 saturated heterocycles. The predicted molar refractivity (Wildman–Crippen MR) is 300 cm³/mol. The number of carboxylic acids is 6. The molecule has 0 spiro atoms. The van der Waals surface area contributed by atoms with Gasteiger partial charge in [-0.2, -0.15) is 0 Å². The number of nitrogens with two attached hydrogens (primary N) is 10. The van der Waals surface area contributed by atoms with Gasteiger partial charge in [0.25, 0.3) is 0 Å². The van der Waals surface area contributed by atoms with Gasteiger partial charge >= 0.3 is 23.9 Å². The Labute approximate surface area is 477 Å². The van der Waals surface area contributed by atoms with Crippen LogP contribution < -0.4 is 67.5 Å². The monoisotopic (exact) mass is 1190 g/mol. The van der Waals surface area contributed by atoms with Gasteiger partial charge in [-0.15, -0.1) is 0 Å². The van der Waals surface area contributed by atoms with Crippen LogP contribution in [0.15, 0.2) is 9.98 Å². The van der Waals surface area contributed by atoms with Gasteiger partial charge in [0.1, 0.15) is 37.4 Å². The average molecular weight is 1190 g/mol. The van der Waals surface area contributed by atoms with Crippen molar-refractivity contribution < 1.29 is 109 Å². The molecule has 81 heavy (non-hydrogen) atoms. The molecule has 0 aromatic heterocycles. The minimum Gasteiger partial charge on any atom is -0.550 e. The lowest BCUT2D eigenvalue weighted by Gasteiger charge is -2.26. The Morgan fingerprint density at radius 2 is 0.790 bits per heavy atom. The molecule has 0 radical (unpaired) electrons. The van der Waals surface area contributed by atoms with Crippen molar-refractivity contribution in [3.63, 3.8) is 0 Å². The van der Waals surface area contributed by atoms with E-state index >= 15 is 0 Å². The topological polar surface area (TPSA) is 670 Å². The summed E-state index contributed by atoms with van der Waals surface area (Å²) in [4.78, 5) is 85.9. The van der Waals surface area contributed by atoms with Crippen LogP contribution in [0, 0.1) is 17.8 Å². The summed E-state index contributed by atoms with van der Waals surface area (Å²) in [6.07, 6.45) is 0.0112. The first-order valence-corrected chi connectivity index (χ1v) is 24.8. The molecule has 0 aromatic carbocycles. The number of quaternary nitrogens is 2. The van der Waals surface area contributed by atoms with Crippen molar-refractivity contribution in [2.24, 2.45) is 85.1 Å². The third-order valence-corrected chi connectivity index (χ3v) is 7.99. The van der Waals surface area contributed by atoms with Gasteiger partial charge < -0.3 is 126 Å². The van der Waals surface area contributed by atoms with Gasteiger partial charge in [0.15, 0.2) is 11.9 Å². The minimum atomic E-state index is -2.55. The third kappa shape index (κ3) is 96.5. The first-order valence-electron chi connectivity index (χ1n) is 24.8. The molecule has 34 nitrogen and oxygen atoms in total. The first kappa shape index (κ1) is 97.0. The van der Waals surface area contributed by atoms with Crippen molar-refractivity contribution in [1.29, 1.82) is 0 Å². The molecule has 0 aliphatic heterocycles. The molecule has 0 heterocycles. The predicted octanol–water partition coefficient (Wildman–Crippen LogP) is -7.95. The van der Waals surface area contributed by atoms with Crippen molar-refractivity contribution in [2.45, 2.75) is 143 Å². The summed E-state index contributed by atoms with van der Waals surface area (Å²) < 4.78 is 1.69. The highest BCUT2D eigenvalue weighted by molar-refractivity contribution is 5.78. The van der Waals surface area contributed by atoms with Crippen LogP contribution in [-0.4, -0.2) is 237 Å². The van der Waals surface area contributed by atoms with E-state index < -0.39 is 83.4 Å². The zero-order chi connectivity index (χ0) is 67.4. The molecule has 0 bridgehead atoms. The molecule has 2 unspecified atom stereocenters. The Hall–Kier alpha value is -6.18. The number of rotatable bonds is 24. The van der Waals surface area contributed by atoms with Crippen LogP contribution in [0.3, 0.4) is 0 Å². The number of aliphatic carboxylic acids is 6. The van der Waals surface area contributed by atoms with E-state index in [1.807, 2.05) is 13.8 Å². The van der Waals surface area contributed by atoms with E-state index in [4.69, 9.17) is 96.9 Å². The highest BCUT2D eigenvalue weighted by atomic mass is 16.4. The third-order valence-electron chi connectivity index (χ3n) is 7.99. The maximum Gasteiger partial charge on any atom is 0.353 e. The van der Waals surface area contributed by atoms with Crippen molar-refractivity contribution in [3.8, 4) is 0 Å². The van der Waals surface area contributed by atoms with Gasteiger partial charge in [0.05, 0.1) is 55.5 Å². The SMILES string of the molecule is CC(C)C(O)[C@@](N)(O)C(=O)O.CC(C)C(O)[C@@](N)(O)C(=O)O.CC(C)CC(=O)[O-].CC(N)=O.CC(N)=O.CCCC(=O)[O-].C[N+](C)(C)CCO.C[N+](C)(C)CCO.NC(N)=NCCC[C@H](N)C(=O)O.NC(N)=NCCC[C@H](N)C(=O)O. The van der Waals surface area contributed by atoms with E-state index in [1.165, 1.54) is 13.8 Å². The Bertz CT molecular complexity index is 1610. The van der Waals surface area contributed by atoms with Crippen molar-refractivity contribution in [1.82, 2.24) is 0 Å². The summed E-state index contributed by atoms with van der Waals surface area (Å²) in [5, 5.41) is 105. The Balaban J connectivity index is -0.0000000881. The van der Waals surface area contributed by atoms with Gasteiger partial charge in [-0.05, 0) is 56.3 Å². The summed E-state index contributed by atoms with van der Waals surface area (Å²) >= 11 is 0. The fourth-order valence-corrected chi connectivity index (χ4v) is 3.69. The number of aliphatic hydroxyl groups is 6. The number of likely N-dealkylation sites (N-methyl/N-ethyl adjacent to an activating group) is 2. The van der Waals surface area contributed by atoms with E-state index in [9.17, 15) is 48.6 Å². The second kappa shape index (κ2) is 55.7. The van der Waals surface area contributed by atoms with E-state index in [0.717, 1.165) is 22.1 Å². The molecule has 0 aliphatic carbocycles. The standard InChI is InChI=1S/2C6H14N4O2.2C6H13NO4.2C5H14NO.C5H10O2.C4H8O2.2C2H5NO/c2*7-4(5(11)12)2-1-3-10-6(8)9;2*1-3(2)4(8)6(7,11)5(9)10;2*1-6(2,3)4-5-7;1-4(2)3-5(6)7;1-2-3-4(5)6;2*1-2(3)4/h2*4H,1-3,7H2,(H,11,12)(H4,8,9,10);2*3-4,8,11H,7H2,1-2H3,(H,9,10);2*7H,4-5H2,1-3H3;4H,3H2,1-2H3,(H,6,7);2-3H2,1H3,(H,5,6);2*1H3,(H2,3,4)/q;;;;2*+1;;;;/p-2/t2*4-;2*4?,6-;;;;;;/m0011....../s1. The smallest absolute Gasteiger partial charge is 0.353 e.